The van der Waals surface area contributed by atoms with E-state index in [1.165, 1.54) is 11.1 Å². The minimum atomic E-state index is 0.114. The highest BCUT2D eigenvalue weighted by Crippen LogP contribution is 2.49. The van der Waals surface area contributed by atoms with E-state index >= 15 is 0 Å². The summed E-state index contributed by atoms with van der Waals surface area (Å²) < 4.78 is 5.15. The predicted molar refractivity (Wildman–Crippen MR) is 65.1 cm³/mol. The maximum absolute atomic E-state index is 12.0. The van der Waals surface area contributed by atoms with E-state index in [1.54, 1.807) is 18.4 Å². The third kappa shape index (κ3) is 1.91. The quantitative estimate of drug-likeness (QED) is 0.749. The molecule has 2 aromatic rings. The monoisotopic (exact) mass is 226 g/mol. The molecule has 0 bridgehead atoms. The van der Waals surface area contributed by atoms with E-state index in [4.69, 9.17) is 4.42 Å². The summed E-state index contributed by atoms with van der Waals surface area (Å²) in [6.07, 6.45) is 2.50. The second-order valence-corrected chi connectivity index (χ2v) is 4.70. The van der Waals surface area contributed by atoms with Gasteiger partial charge in [0.2, 0.25) is 5.78 Å². The van der Waals surface area contributed by atoms with Gasteiger partial charge in [-0.3, -0.25) is 4.79 Å². The minimum Gasteiger partial charge on any atom is -0.461 e. The van der Waals surface area contributed by atoms with Crippen LogP contribution in [0.15, 0.2) is 47.1 Å². The van der Waals surface area contributed by atoms with Gasteiger partial charge >= 0.3 is 0 Å². The van der Waals surface area contributed by atoms with Gasteiger partial charge in [-0.15, -0.1) is 0 Å². The minimum absolute atomic E-state index is 0.114. The molecule has 2 unspecified atom stereocenters. The van der Waals surface area contributed by atoms with Crippen LogP contribution in [-0.2, 0) is 0 Å². The van der Waals surface area contributed by atoms with Crippen LogP contribution in [0.4, 0.5) is 0 Å². The molecule has 17 heavy (non-hydrogen) atoms. The normalized spacial score (nSPS) is 22.4. The van der Waals surface area contributed by atoms with Crippen molar-refractivity contribution in [1.82, 2.24) is 0 Å². The first-order chi connectivity index (χ1) is 8.25. The Morgan fingerprint density at radius 1 is 1.29 bits per heavy atom. The summed E-state index contributed by atoms with van der Waals surface area (Å²) in [4.78, 5) is 12.0. The predicted octanol–water partition coefficient (Wildman–Crippen LogP) is 3.57. The average Bonchev–Trinajstić information content (AvgIpc) is 2.94. The zero-order valence-electron chi connectivity index (χ0n) is 9.72. The second-order valence-electron chi connectivity index (χ2n) is 4.70. The topological polar surface area (TPSA) is 30.2 Å². The Hall–Kier alpha value is -1.83. The molecule has 0 saturated heterocycles. The smallest absolute Gasteiger partial charge is 0.201 e. The van der Waals surface area contributed by atoms with Crippen molar-refractivity contribution in [2.75, 3.05) is 0 Å². The van der Waals surface area contributed by atoms with Crippen LogP contribution in [0.1, 0.15) is 34.0 Å². The fourth-order valence-electron chi connectivity index (χ4n) is 2.36. The molecule has 1 aromatic heterocycles. The summed E-state index contributed by atoms with van der Waals surface area (Å²) in [6.45, 7) is 2.08. The number of carbonyl (C=O) groups excluding carboxylic acids is 1. The highest BCUT2D eigenvalue weighted by molar-refractivity contribution is 5.98. The van der Waals surface area contributed by atoms with E-state index in [2.05, 4.69) is 31.2 Å². The molecule has 1 saturated carbocycles. The molecule has 2 nitrogen and oxygen atoms in total. The van der Waals surface area contributed by atoms with Crippen LogP contribution in [0.3, 0.4) is 0 Å². The average molecular weight is 226 g/mol. The molecule has 0 spiro atoms. The van der Waals surface area contributed by atoms with E-state index in [9.17, 15) is 4.79 Å². The lowest BCUT2D eigenvalue weighted by Crippen LogP contribution is -2.01. The summed E-state index contributed by atoms with van der Waals surface area (Å²) >= 11 is 0. The number of furan rings is 1. The van der Waals surface area contributed by atoms with E-state index in [0.29, 0.717) is 11.7 Å². The van der Waals surface area contributed by atoms with Crippen molar-refractivity contribution >= 4 is 5.78 Å². The Bertz CT molecular complexity index is 540. The van der Waals surface area contributed by atoms with Crippen molar-refractivity contribution < 1.29 is 9.21 Å². The van der Waals surface area contributed by atoms with Crippen molar-refractivity contribution in [3.63, 3.8) is 0 Å². The number of carbonyl (C=O) groups is 1. The number of Topliss-reactive ketones (excluding diaryl/α,β-unsaturated/α-hetero) is 1. The van der Waals surface area contributed by atoms with Crippen molar-refractivity contribution in [2.45, 2.75) is 19.3 Å². The molecule has 2 atom stereocenters. The molecule has 1 aliphatic carbocycles. The largest absolute Gasteiger partial charge is 0.461 e. The molecule has 86 valence electrons. The maximum atomic E-state index is 12.0. The first-order valence-electron chi connectivity index (χ1n) is 5.90. The fourth-order valence-corrected chi connectivity index (χ4v) is 2.36. The number of ketones is 1. The summed E-state index contributed by atoms with van der Waals surface area (Å²) in [5.41, 5.74) is 2.52. The van der Waals surface area contributed by atoms with Crippen molar-refractivity contribution in [3.05, 3.63) is 59.5 Å². The summed E-state index contributed by atoms with van der Waals surface area (Å²) in [5, 5.41) is 0. The third-order valence-electron chi connectivity index (χ3n) is 3.36. The molecule has 1 heterocycles. The van der Waals surface area contributed by atoms with E-state index in [0.717, 1.165) is 6.42 Å². The Morgan fingerprint density at radius 2 is 2.18 bits per heavy atom. The lowest BCUT2D eigenvalue weighted by Gasteiger charge is -2.00. The van der Waals surface area contributed by atoms with Gasteiger partial charge in [-0.1, -0.05) is 29.8 Å². The van der Waals surface area contributed by atoms with Crippen LogP contribution in [0, 0.1) is 12.8 Å². The molecule has 2 heteroatoms. The van der Waals surface area contributed by atoms with Gasteiger partial charge in [-0.25, -0.2) is 0 Å². The van der Waals surface area contributed by atoms with Gasteiger partial charge in [0.25, 0.3) is 0 Å². The van der Waals surface area contributed by atoms with Gasteiger partial charge in [0.05, 0.1) is 6.26 Å². The standard InChI is InChI=1S/C15H14O2/c1-10-4-2-5-11(8-10)12-9-13(12)15(16)14-6-3-7-17-14/h2-8,12-13H,9H2,1H3. The Balaban J connectivity index is 1.77. The molecule has 1 fully saturated rings. The molecule has 1 aliphatic rings. The SMILES string of the molecule is Cc1cccc(C2CC2C(=O)c2ccco2)c1. The first-order valence-corrected chi connectivity index (χ1v) is 5.90. The van der Waals surface area contributed by atoms with Gasteiger partial charge in [0, 0.05) is 5.92 Å². The Morgan fingerprint density at radius 3 is 2.88 bits per heavy atom. The summed E-state index contributed by atoms with van der Waals surface area (Å²) in [7, 11) is 0. The van der Waals surface area contributed by atoms with Crippen LogP contribution in [-0.4, -0.2) is 5.78 Å². The van der Waals surface area contributed by atoms with Crippen LogP contribution in [0.5, 0.6) is 0 Å². The van der Waals surface area contributed by atoms with Gasteiger partial charge in [-0.2, -0.15) is 0 Å². The Labute approximate surface area is 100 Å². The summed E-state index contributed by atoms with van der Waals surface area (Å²) in [5.74, 6) is 1.13. The number of hydrogen-bond acceptors (Lipinski definition) is 2. The van der Waals surface area contributed by atoms with E-state index in [-0.39, 0.29) is 11.7 Å². The molecule has 0 amide bonds. The lowest BCUT2D eigenvalue weighted by molar-refractivity contribution is 0.0938. The molecular weight excluding hydrogens is 212 g/mol. The molecular formula is C15H14O2. The van der Waals surface area contributed by atoms with Gasteiger partial charge < -0.3 is 4.42 Å². The van der Waals surface area contributed by atoms with Crippen molar-refractivity contribution in [3.8, 4) is 0 Å². The van der Waals surface area contributed by atoms with Gasteiger partial charge in [0.1, 0.15) is 0 Å². The van der Waals surface area contributed by atoms with Gasteiger partial charge in [0.15, 0.2) is 5.76 Å². The molecule has 0 N–H and O–H groups in total. The molecule has 0 radical (unpaired) electrons. The first kappa shape index (κ1) is 10.3. The van der Waals surface area contributed by atoms with E-state index in [1.807, 2.05) is 0 Å². The van der Waals surface area contributed by atoms with Crippen LogP contribution >= 0.6 is 0 Å². The van der Waals surface area contributed by atoms with E-state index < -0.39 is 0 Å². The van der Waals surface area contributed by atoms with Crippen LogP contribution < -0.4 is 0 Å². The number of rotatable bonds is 3. The van der Waals surface area contributed by atoms with Crippen LogP contribution in [0.25, 0.3) is 0 Å². The Kier molecular flexibility index (Phi) is 2.36. The zero-order valence-corrected chi connectivity index (χ0v) is 9.72. The lowest BCUT2D eigenvalue weighted by atomic mass is 10.0. The van der Waals surface area contributed by atoms with Crippen LogP contribution in [0.2, 0.25) is 0 Å². The summed E-state index contributed by atoms with van der Waals surface area (Å²) in [6, 6.07) is 11.9. The third-order valence-corrected chi connectivity index (χ3v) is 3.36. The highest BCUT2D eigenvalue weighted by atomic mass is 16.3. The van der Waals surface area contributed by atoms with Crippen molar-refractivity contribution in [2.24, 2.45) is 5.92 Å². The highest BCUT2D eigenvalue weighted by Gasteiger charge is 2.44. The molecule has 1 aromatic carbocycles. The maximum Gasteiger partial charge on any atom is 0.201 e. The number of hydrogen-bond donors (Lipinski definition) is 0. The zero-order chi connectivity index (χ0) is 11.8. The molecule has 0 aliphatic heterocycles. The molecule has 3 rings (SSSR count). The van der Waals surface area contributed by atoms with Crippen molar-refractivity contribution in [1.29, 1.82) is 0 Å². The second kappa shape index (κ2) is 3.88. The fraction of sp³-hybridized carbons (Fsp3) is 0.267. The number of benzene rings is 1. The van der Waals surface area contributed by atoms with Gasteiger partial charge in [-0.05, 0) is 37.0 Å². The number of aryl methyl sites for hydroxylation is 1.